The van der Waals surface area contributed by atoms with Crippen molar-refractivity contribution in [1.82, 2.24) is 15.6 Å². The van der Waals surface area contributed by atoms with Crippen LogP contribution in [0.1, 0.15) is 29.7 Å². The van der Waals surface area contributed by atoms with Gasteiger partial charge in [-0.05, 0) is 19.3 Å². The lowest BCUT2D eigenvalue weighted by Crippen LogP contribution is -2.53. The van der Waals surface area contributed by atoms with Gasteiger partial charge in [-0.1, -0.05) is 6.92 Å². The molecule has 1 aromatic rings. The fourth-order valence-electron chi connectivity index (χ4n) is 2.80. The molecular formula is C16H29IN4O3S2. The Labute approximate surface area is 177 Å². The van der Waals surface area contributed by atoms with E-state index in [4.69, 9.17) is 4.74 Å². The Balaban J connectivity index is 0.00000338. The Morgan fingerprint density at radius 2 is 2.08 bits per heavy atom. The summed E-state index contributed by atoms with van der Waals surface area (Å²) in [6, 6.07) is 0. The molecule has 0 saturated carbocycles. The van der Waals surface area contributed by atoms with Gasteiger partial charge in [0.15, 0.2) is 15.8 Å². The summed E-state index contributed by atoms with van der Waals surface area (Å²) >= 11 is 1.73. The number of hydrogen-bond donors (Lipinski definition) is 2. The van der Waals surface area contributed by atoms with Crippen molar-refractivity contribution in [2.45, 2.75) is 37.4 Å². The second kappa shape index (κ2) is 10.8. The normalized spacial score (nSPS) is 17.4. The minimum Gasteiger partial charge on any atom is -0.381 e. The summed E-state index contributed by atoms with van der Waals surface area (Å²) in [5.74, 6) is 0.613. The number of rotatable bonds is 7. The van der Waals surface area contributed by atoms with Gasteiger partial charge in [0.25, 0.3) is 0 Å². The molecule has 150 valence electrons. The van der Waals surface area contributed by atoms with E-state index in [-0.39, 0.29) is 24.0 Å². The first kappa shape index (κ1) is 23.6. The van der Waals surface area contributed by atoms with E-state index in [1.165, 1.54) is 11.1 Å². The molecule has 10 heteroatoms. The lowest BCUT2D eigenvalue weighted by atomic mass is 9.99. The number of aliphatic imine (C=N–C) groups is 1. The van der Waals surface area contributed by atoms with Crippen LogP contribution in [-0.2, 0) is 27.4 Å². The summed E-state index contributed by atoms with van der Waals surface area (Å²) in [4.78, 5) is 9.87. The molecule has 1 aromatic heterocycles. The molecule has 1 fully saturated rings. The zero-order chi connectivity index (χ0) is 18.3. The van der Waals surface area contributed by atoms with Crippen LogP contribution < -0.4 is 10.6 Å². The number of hydrogen-bond acceptors (Lipinski definition) is 6. The highest BCUT2D eigenvalue weighted by molar-refractivity contribution is 14.0. The molecule has 0 unspecified atom stereocenters. The first-order valence-electron chi connectivity index (χ1n) is 8.55. The maximum Gasteiger partial charge on any atom is 0.191 e. The van der Waals surface area contributed by atoms with E-state index in [9.17, 15) is 8.42 Å². The lowest BCUT2D eigenvalue weighted by molar-refractivity contribution is 0.0756. The summed E-state index contributed by atoms with van der Waals surface area (Å²) in [6.45, 7) is 4.11. The van der Waals surface area contributed by atoms with Gasteiger partial charge in [0.1, 0.15) is 0 Å². The topological polar surface area (TPSA) is 92.7 Å². The highest BCUT2D eigenvalue weighted by atomic mass is 127. The van der Waals surface area contributed by atoms with E-state index < -0.39 is 14.6 Å². The van der Waals surface area contributed by atoms with Crippen LogP contribution in [0.15, 0.2) is 11.2 Å². The lowest BCUT2D eigenvalue weighted by Gasteiger charge is -2.35. The SMILES string of the molecule is CCc1cnc(CCNC(=NC)NCC2(S(C)(=O)=O)CCOCC2)s1.I. The van der Waals surface area contributed by atoms with Gasteiger partial charge >= 0.3 is 0 Å². The van der Waals surface area contributed by atoms with Crippen LogP contribution in [0, 0.1) is 0 Å². The molecular weight excluding hydrogens is 487 g/mol. The zero-order valence-electron chi connectivity index (χ0n) is 15.6. The van der Waals surface area contributed by atoms with Crippen LogP contribution in [0.25, 0.3) is 0 Å². The maximum atomic E-state index is 12.3. The van der Waals surface area contributed by atoms with Crippen LogP contribution in [0.5, 0.6) is 0 Å². The molecule has 0 radical (unpaired) electrons. The quantitative estimate of drug-likeness (QED) is 0.325. The number of thiazole rings is 1. The Morgan fingerprint density at radius 1 is 1.38 bits per heavy atom. The summed E-state index contributed by atoms with van der Waals surface area (Å²) in [6.07, 6.45) is 6.07. The fourth-order valence-corrected chi connectivity index (χ4v) is 4.91. The van der Waals surface area contributed by atoms with Crippen molar-refractivity contribution in [3.05, 3.63) is 16.1 Å². The number of aryl methyl sites for hydroxylation is 1. The molecule has 7 nitrogen and oxygen atoms in total. The van der Waals surface area contributed by atoms with Gasteiger partial charge in [0.05, 0.1) is 9.75 Å². The third-order valence-corrected chi connectivity index (χ3v) is 7.90. The summed E-state index contributed by atoms with van der Waals surface area (Å²) < 4.78 is 29.1. The van der Waals surface area contributed by atoms with E-state index >= 15 is 0 Å². The van der Waals surface area contributed by atoms with Crippen molar-refractivity contribution in [2.24, 2.45) is 4.99 Å². The average molecular weight is 516 g/mol. The smallest absolute Gasteiger partial charge is 0.191 e. The van der Waals surface area contributed by atoms with Crippen LogP contribution in [0.2, 0.25) is 0 Å². The van der Waals surface area contributed by atoms with Crippen LogP contribution in [0.3, 0.4) is 0 Å². The van der Waals surface area contributed by atoms with Crippen LogP contribution >= 0.6 is 35.3 Å². The number of halogens is 1. The zero-order valence-corrected chi connectivity index (χ0v) is 19.5. The molecule has 0 amide bonds. The van der Waals surface area contributed by atoms with Crippen molar-refractivity contribution < 1.29 is 13.2 Å². The Hall–Kier alpha value is -0.460. The number of sulfone groups is 1. The fraction of sp³-hybridized carbons (Fsp3) is 0.750. The highest BCUT2D eigenvalue weighted by Crippen LogP contribution is 2.28. The third-order valence-electron chi connectivity index (χ3n) is 4.57. The van der Waals surface area contributed by atoms with Crippen molar-refractivity contribution in [3.8, 4) is 0 Å². The first-order chi connectivity index (χ1) is 11.9. The molecule has 2 heterocycles. The number of ether oxygens (including phenoxy) is 1. The maximum absolute atomic E-state index is 12.3. The van der Waals surface area contributed by atoms with Crippen molar-refractivity contribution in [2.75, 3.05) is 39.6 Å². The second-order valence-corrected chi connectivity index (χ2v) is 9.85. The molecule has 1 aliphatic heterocycles. The molecule has 2 N–H and O–H groups in total. The highest BCUT2D eigenvalue weighted by Gasteiger charge is 2.42. The van der Waals surface area contributed by atoms with Gasteiger partial charge in [-0.3, -0.25) is 4.99 Å². The van der Waals surface area contributed by atoms with Crippen LogP contribution in [-0.4, -0.2) is 63.7 Å². The third kappa shape index (κ3) is 6.31. The van der Waals surface area contributed by atoms with Gasteiger partial charge < -0.3 is 15.4 Å². The van der Waals surface area contributed by atoms with Crippen molar-refractivity contribution in [3.63, 3.8) is 0 Å². The molecule has 0 spiro atoms. The van der Waals surface area contributed by atoms with Gasteiger partial charge in [-0.15, -0.1) is 35.3 Å². The van der Waals surface area contributed by atoms with E-state index in [1.54, 1.807) is 18.4 Å². The molecule has 1 saturated heterocycles. The molecule has 1 aliphatic rings. The number of guanidine groups is 1. The van der Waals surface area contributed by atoms with Crippen molar-refractivity contribution >= 4 is 51.1 Å². The Morgan fingerprint density at radius 3 is 2.62 bits per heavy atom. The second-order valence-electron chi connectivity index (χ2n) is 6.24. The summed E-state index contributed by atoms with van der Waals surface area (Å²) in [7, 11) is -1.50. The van der Waals surface area contributed by atoms with E-state index in [2.05, 4.69) is 27.5 Å². The molecule has 2 rings (SSSR count). The van der Waals surface area contributed by atoms with E-state index in [1.807, 2.05) is 6.20 Å². The molecule has 0 bridgehead atoms. The molecule has 26 heavy (non-hydrogen) atoms. The van der Waals surface area contributed by atoms with Crippen molar-refractivity contribution in [1.29, 1.82) is 0 Å². The monoisotopic (exact) mass is 516 g/mol. The largest absolute Gasteiger partial charge is 0.381 e. The minimum absolute atomic E-state index is 0. The number of nitrogens with zero attached hydrogens (tertiary/aromatic N) is 2. The number of nitrogens with one attached hydrogen (secondary N) is 2. The van der Waals surface area contributed by atoms with E-state index in [0.717, 1.165) is 17.8 Å². The first-order valence-corrected chi connectivity index (χ1v) is 11.3. The molecule has 0 aliphatic carbocycles. The average Bonchev–Trinajstić information content (AvgIpc) is 3.05. The predicted octanol–water partition coefficient (Wildman–Crippen LogP) is 1.62. The van der Waals surface area contributed by atoms with Gasteiger partial charge in [-0.25, -0.2) is 13.4 Å². The van der Waals surface area contributed by atoms with Crippen LogP contribution in [0.4, 0.5) is 0 Å². The standard InChI is InChI=1S/C16H28N4O3S2.HI/c1-4-13-11-19-14(24-13)5-8-18-15(17-2)20-12-16(25(3,21)22)6-9-23-10-7-16;/h11H,4-10,12H2,1-3H3,(H2,17,18,20);1H. The van der Waals surface area contributed by atoms with Gasteiger partial charge in [0.2, 0.25) is 0 Å². The number of aromatic nitrogens is 1. The van der Waals surface area contributed by atoms with E-state index in [0.29, 0.717) is 45.1 Å². The minimum atomic E-state index is -3.19. The molecule has 0 aromatic carbocycles. The molecule has 0 atom stereocenters. The van der Waals surface area contributed by atoms with Gasteiger partial charge in [-0.2, -0.15) is 0 Å². The summed E-state index contributed by atoms with van der Waals surface area (Å²) in [5, 5.41) is 7.50. The Kier molecular flexibility index (Phi) is 9.76. The Bertz CT molecular complexity index is 685. The predicted molar refractivity (Wildman–Crippen MR) is 118 cm³/mol. The summed E-state index contributed by atoms with van der Waals surface area (Å²) in [5.41, 5.74) is 0. The van der Waals surface area contributed by atoms with Gasteiger partial charge in [0, 0.05) is 57.1 Å².